The number of ether oxygens (including phenoxy) is 5. The molecule has 0 saturated heterocycles. The Morgan fingerprint density at radius 3 is 1.48 bits per heavy atom. The minimum Gasteiger partial charge on any atom is -0.379 e. The fraction of sp³-hybridized carbons (Fsp3) is 0.938. The first-order valence-electron chi connectivity index (χ1n) is 8.36. The van der Waals surface area contributed by atoms with Crippen LogP contribution in [-0.2, 0) is 28.5 Å². The van der Waals surface area contributed by atoms with Gasteiger partial charge >= 0.3 is 0 Å². The summed E-state index contributed by atoms with van der Waals surface area (Å²) >= 11 is 0. The zero-order chi connectivity index (χ0) is 17.0. The Morgan fingerprint density at radius 1 is 0.696 bits per heavy atom. The summed E-state index contributed by atoms with van der Waals surface area (Å²) < 4.78 is 26.7. The van der Waals surface area contributed by atoms with E-state index in [0.717, 1.165) is 13.1 Å². The molecule has 0 aromatic rings. The van der Waals surface area contributed by atoms with Gasteiger partial charge in [-0.3, -0.25) is 4.79 Å². The van der Waals surface area contributed by atoms with Crippen molar-refractivity contribution in [2.45, 2.75) is 20.3 Å². The highest BCUT2D eigenvalue weighted by molar-refractivity contribution is 5.75. The molecule has 23 heavy (non-hydrogen) atoms. The number of likely N-dealkylation sites (N-methyl/N-ethyl adjacent to an activating group) is 1. The molecule has 0 rings (SSSR count). The number of carbonyl (C=O) groups is 1. The molecule has 0 aromatic heterocycles. The number of nitrogens with one attached hydrogen (secondary N) is 1. The molecule has 0 atom stereocenters. The molecule has 0 unspecified atom stereocenters. The molecule has 0 aliphatic heterocycles. The molecular formula is C16H33NO6. The first-order chi connectivity index (χ1) is 11.3. The van der Waals surface area contributed by atoms with Crippen LogP contribution in [0.15, 0.2) is 0 Å². The Bertz CT molecular complexity index is 253. The number of hydrogen-bond acceptors (Lipinski definition) is 7. The number of ketones is 1. The van der Waals surface area contributed by atoms with Crippen molar-refractivity contribution in [1.82, 2.24) is 5.32 Å². The highest BCUT2D eigenvalue weighted by Crippen LogP contribution is 1.86. The Balaban J connectivity index is 2.96. The van der Waals surface area contributed by atoms with Crippen molar-refractivity contribution < 1.29 is 28.5 Å². The highest BCUT2D eigenvalue weighted by atomic mass is 16.6. The molecule has 138 valence electrons. The van der Waals surface area contributed by atoms with E-state index in [1.54, 1.807) is 6.92 Å². The number of hydrogen-bond donors (Lipinski definition) is 1. The van der Waals surface area contributed by atoms with Gasteiger partial charge in [0.2, 0.25) is 0 Å². The quantitative estimate of drug-likeness (QED) is 0.348. The smallest absolute Gasteiger partial charge is 0.132 e. The van der Waals surface area contributed by atoms with E-state index in [-0.39, 0.29) is 5.78 Å². The maximum absolute atomic E-state index is 10.7. The van der Waals surface area contributed by atoms with E-state index in [9.17, 15) is 4.79 Å². The second kappa shape index (κ2) is 19.5. The van der Waals surface area contributed by atoms with Crippen LogP contribution in [0.2, 0.25) is 0 Å². The average molecular weight is 335 g/mol. The molecular weight excluding hydrogens is 302 g/mol. The van der Waals surface area contributed by atoms with Crippen LogP contribution in [0.5, 0.6) is 0 Å². The summed E-state index contributed by atoms with van der Waals surface area (Å²) in [6.45, 7) is 11.0. The SMILES string of the molecule is CCNCCOCCOCCOCCOCCOCCC(C)=O. The minimum atomic E-state index is 0.140. The van der Waals surface area contributed by atoms with Gasteiger partial charge in [-0.1, -0.05) is 6.92 Å². The number of rotatable bonds is 19. The third-order valence-corrected chi connectivity index (χ3v) is 2.76. The molecule has 1 N–H and O–H groups in total. The van der Waals surface area contributed by atoms with Crippen LogP contribution in [0.4, 0.5) is 0 Å². The van der Waals surface area contributed by atoms with Gasteiger partial charge in [-0.15, -0.1) is 0 Å². The van der Waals surface area contributed by atoms with Crippen molar-refractivity contribution in [1.29, 1.82) is 0 Å². The van der Waals surface area contributed by atoms with Crippen LogP contribution in [0, 0.1) is 0 Å². The van der Waals surface area contributed by atoms with Gasteiger partial charge in [0.25, 0.3) is 0 Å². The third-order valence-electron chi connectivity index (χ3n) is 2.76. The van der Waals surface area contributed by atoms with Crippen molar-refractivity contribution in [3.63, 3.8) is 0 Å². The standard InChI is InChI=1S/C16H33NO6/c1-3-17-5-7-20-9-11-22-13-15-23-14-12-21-10-8-19-6-4-16(2)18/h17H,3-15H2,1-2H3. The van der Waals surface area contributed by atoms with E-state index >= 15 is 0 Å². The van der Waals surface area contributed by atoms with Gasteiger partial charge in [-0.2, -0.15) is 0 Å². The first kappa shape index (κ1) is 22.4. The normalized spacial score (nSPS) is 11.0. The third kappa shape index (κ3) is 21.4. The lowest BCUT2D eigenvalue weighted by atomic mass is 10.3. The van der Waals surface area contributed by atoms with Gasteiger partial charge < -0.3 is 29.0 Å². The maximum atomic E-state index is 10.7. The molecule has 0 fully saturated rings. The molecule has 0 aliphatic carbocycles. The Labute approximate surface area is 139 Å². The highest BCUT2D eigenvalue weighted by Gasteiger charge is 1.95. The lowest BCUT2D eigenvalue weighted by Gasteiger charge is -2.08. The predicted octanol–water partition coefficient (Wildman–Crippen LogP) is 0.658. The number of Topliss-reactive ketones (excluding diaryl/α,β-unsaturated/α-hetero) is 1. The van der Waals surface area contributed by atoms with E-state index in [1.807, 2.05) is 0 Å². The van der Waals surface area contributed by atoms with E-state index in [0.29, 0.717) is 72.5 Å². The van der Waals surface area contributed by atoms with Crippen LogP contribution >= 0.6 is 0 Å². The topological polar surface area (TPSA) is 75.2 Å². The van der Waals surface area contributed by atoms with Crippen LogP contribution in [0.3, 0.4) is 0 Å². The van der Waals surface area contributed by atoms with Gasteiger partial charge in [-0.25, -0.2) is 0 Å². The molecule has 7 heteroatoms. The van der Waals surface area contributed by atoms with Crippen molar-refractivity contribution in [3.8, 4) is 0 Å². The Kier molecular flexibility index (Phi) is 19.0. The molecule has 0 amide bonds. The molecule has 0 aliphatic rings. The lowest BCUT2D eigenvalue weighted by molar-refractivity contribution is -0.118. The largest absolute Gasteiger partial charge is 0.379 e. The van der Waals surface area contributed by atoms with Gasteiger partial charge in [0.15, 0.2) is 0 Å². The van der Waals surface area contributed by atoms with Crippen molar-refractivity contribution in [2.75, 3.05) is 79.2 Å². The zero-order valence-corrected chi connectivity index (χ0v) is 14.6. The molecule has 0 bridgehead atoms. The molecule has 0 heterocycles. The summed E-state index contributed by atoms with van der Waals surface area (Å²) in [5, 5.41) is 3.18. The van der Waals surface area contributed by atoms with Crippen molar-refractivity contribution in [2.24, 2.45) is 0 Å². The average Bonchev–Trinajstić information content (AvgIpc) is 2.53. The van der Waals surface area contributed by atoms with Gasteiger partial charge in [-0.05, 0) is 13.5 Å². The summed E-state index contributed by atoms with van der Waals surface area (Å²) in [6, 6.07) is 0. The molecule has 0 aromatic carbocycles. The van der Waals surface area contributed by atoms with E-state index in [2.05, 4.69) is 12.2 Å². The summed E-state index contributed by atoms with van der Waals surface area (Å²) in [5.41, 5.74) is 0. The summed E-state index contributed by atoms with van der Waals surface area (Å²) in [7, 11) is 0. The summed E-state index contributed by atoms with van der Waals surface area (Å²) in [6.07, 6.45) is 0.462. The molecule has 0 radical (unpaired) electrons. The first-order valence-corrected chi connectivity index (χ1v) is 8.36. The van der Waals surface area contributed by atoms with Crippen molar-refractivity contribution >= 4 is 5.78 Å². The fourth-order valence-electron chi connectivity index (χ4n) is 1.52. The second-order valence-electron chi connectivity index (χ2n) is 4.87. The minimum absolute atomic E-state index is 0.140. The maximum Gasteiger partial charge on any atom is 0.132 e. The van der Waals surface area contributed by atoms with Gasteiger partial charge in [0, 0.05) is 13.0 Å². The van der Waals surface area contributed by atoms with Crippen LogP contribution < -0.4 is 5.32 Å². The van der Waals surface area contributed by atoms with Crippen LogP contribution in [0.1, 0.15) is 20.3 Å². The fourth-order valence-corrected chi connectivity index (χ4v) is 1.52. The molecule has 0 saturated carbocycles. The predicted molar refractivity (Wildman–Crippen MR) is 87.9 cm³/mol. The van der Waals surface area contributed by atoms with E-state index in [4.69, 9.17) is 23.7 Å². The van der Waals surface area contributed by atoms with E-state index in [1.165, 1.54) is 0 Å². The zero-order valence-electron chi connectivity index (χ0n) is 14.6. The molecule has 0 spiro atoms. The lowest BCUT2D eigenvalue weighted by Crippen LogP contribution is -2.20. The summed E-state index contributed by atoms with van der Waals surface area (Å²) in [5.74, 6) is 0.140. The molecule has 7 nitrogen and oxygen atoms in total. The number of carbonyl (C=O) groups excluding carboxylic acids is 1. The van der Waals surface area contributed by atoms with Gasteiger partial charge in [0.1, 0.15) is 5.78 Å². The van der Waals surface area contributed by atoms with Crippen LogP contribution in [-0.4, -0.2) is 84.9 Å². The van der Waals surface area contributed by atoms with E-state index < -0.39 is 0 Å². The second-order valence-corrected chi connectivity index (χ2v) is 4.87. The monoisotopic (exact) mass is 335 g/mol. The van der Waals surface area contributed by atoms with Crippen LogP contribution in [0.25, 0.3) is 0 Å². The Morgan fingerprint density at radius 2 is 1.09 bits per heavy atom. The van der Waals surface area contributed by atoms with Gasteiger partial charge in [0.05, 0.1) is 66.1 Å². The van der Waals surface area contributed by atoms with Crippen molar-refractivity contribution in [3.05, 3.63) is 0 Å². The summed E-state index contributed by atoms with van der Waals surface area (Å²) in [4.78, 5) is 10.7. The Hall–Kier alpha value is -0.570.